The number of ether oxygens (including phenoxy) is 2. The molecule has 0 amide bonds. The first-order valence-corrected chi connectivity index (χ1v) is 9.01. The minimum atomic E-state index is -0.125. The zero-order valence-corrected chi connectivity index (χ0v) is 15.1. The van der Waals surface area contributed by atoms with Gasteiger partial charge in [0.05, 0.1) is 13.2 Å². The standard InChI is InChI=1S/C23H28O2/c1-3-23(25-19-22-14-8-5-9-15-22)17-20(2)11-10-16-24-18-21-12-6-4-7-13-21/h1,4-9,12-15,20,23H,10-11,16-19H2,2H3/t20-,23-/m0/s1. The summed E-state index contributed by atoms with van der Waals surface area (Å²) in [6, 6.07) is 20.4. The van der Waals surface area contributed by atoms with Gasteiger partial charge in [-0.2, -0.15) is 0 Å². The maximum Gasteiger partial charge on any atom is 0.118 e. The van der Waals surface area contributed by atoms with Gasteiger partial charge in [-0.25, -0.2) is 0 Å². The molecule has 0 aliphatic rings. The molecule has 0 aliphatic carbocycles. The zero-order valence-electron chi connectivity index (χ0n) is 15.1. The Labute approximate surface area is 152 Å². The van der Waals surface area contributed by atoms with E-state index in [2.05, 4.69) is 37.1 Å². The van der Waals surface area contributed by atoms with Crippen molar-refractivity contribution < 1.29 is 9.47 Å². The quantitative estimate of drug-likeness (QED) is 0.413. The van der Waals surface area contributed by atoms with Crippen molar-refractivity contribution in [2.75, 3.05) is 6.61 Å². The molecule has 25 heavy (non-hydrogen) atoms. The maximum atomic E-state index is 5.87. The molecule has 0 aromatic heterocycles. The van der Waals surface area contributed by atoms with Crippen LogP contribution in [0.3, 0.4) is 0 Å². The second-order valence-electron chi connectivity index (χ2n) is 6.47. The van der Waals surface area contributed by atoms with Crippen molar-refractivity contribution in [3.63, 3.8) is 0 Å². The van der Waals surface area contributed by atoms with E-state index in [-0.39, 0.29) is 6.10 Å². The summed E-state index contributed by atoms with van der Waals surface area (Å²) in [4.78, 5) is 0. The van der Waals surface area contributed by atoms with Gasteiger partial charge in [-0.15, -0.1) is 6.42 Å². The molecule has 0 spiro atoms. The predicted molar refractivity (Wildman–Crippen MR) is 103 cm³/mol. The normalized spacial score (nSPS) is 13.1. The molecule has 2 heteroatoms. The number of hydrogen-bond donors (Lipinski definition) is 0. The molecule has 2 nitrogen and oxygen atoms in total. The van der Waals surface area contributed by atoms with Crippen LogP contribution >= 0.6 is 0 Å². The summed E-state index contributed by atoms with van der Waals surface area (Å²) >= 11 is 0. The van der Waals surface area contributed by atoms with Crippen LogP contribution in [0.2, 0.25) is 0 Å². The van der Waals surface area contributed by atoms with Crippen molar-refractivity contribution in [1.29, 1.82) is 0 Å². The molecule has 2 aromatic rings. The highest BCUT2D eigenvalue weighted by Gasteiger charge is 2.11. The Balaban J connectivity index is 1.58. The third-order valence-corrected chi connectivity index (χ3v) is 4.19. The highest BCUT2D eigenvalue weighted by Crippen LogP contribution is 2.16. The lowest BCUT2D eigenvalue weighted by Gasteiger charge is -2.17. The molecule has 0 saturated heterocycles. The Kier molecular flexibility index (Phi) is 8.83. The molecule has 0 N–H and O–H groups in total. The van der Waals surface area contributed by atoms with E-state index in [4.69, 9.17) is 15.9 Å². The van der Waals surface area contributed by atoms with E-state index in [1.807, 2.05) is 36.4 Å². The lowest BCUT2D eigenvalue weighted by Crippen LogP contribution is -2.15. The highest BCUT2D eigenvalue weighted by atomic mass is 16.5. The Morgan fingerprint density at radius 1 is 0.920 bits per heavy atom. The molecule has 0 fully saturated rings. The predicted octanol–water partition coefficient (Wildman–Crippen LogP) is 5.23. The first-order chi connectivity index (χ1) is 12.3. The van der Waals surface area contributed by atoms with Crippen molar-refractivity contribution in [2.45, 2.75) is 45.5 Å². The van der Waals surface area contributed by atoms with E-state index in [0.29, 0.717) is 19.1 Å². The molecule has 0 saturated carbocycles. The molecule has 0 heterocycles. The molecule has 0 aliphatic heterocycles. The van der Waals surface area contributed by atoms with Gasteiger partial charge in [-0.3, -0.25) is 0 Å². The molecule has 0 bridgehead atoms. The second-order valence-corrected chi connectivity index (χ2v) is 6.47. The van der Waals surface area contributed by atoms with Crippen LogP contribution in [0.1, 0.15) is 37.3 Å². The summed E-state index contributed by atoms with van der Waals surface area (Å²) in [5.41, 5.74) is 2.38. The first-order valence-electron chi connectivity index (χ1n) is 9.01. The van der Waals surface area contributed by atoms with Gasteiger partial charge in [0.2, 0.25) is 0 Å². The van der Waals surface area contributed by atoms with E-state index < -0.39 is 0 Å². The van der Waals surface area contributed by atoms with Gasteiger partial charge in [0.25, 0.3) is 0 Å². The summed E-state index contributed by atoms with van der Waals surface area (Å²) in [5, 5.41) is 0. The van der Waals surface area contributed by atoms with Crippen molar-refractivity contribution in [3.05, 3.63) is 71.8 Å². The Morgan fingerprint density at radius 2 is 1.52 bits per heavy atom. The molecule has 2 atom stereocenters. The van der Waals surface area contributed by atoms with Crippen LogP contribution < -0.4 is 0 Å². The lowest BCUT2D eigenvalue weighted by molar-refractivity contribution is 0.0598. The summed E-state index contributed by atoms with van der Waals surface area (Å²) in [6.45, 7) is 4.27. The van der Waals surface area contributed by atoms with Crippen molar-refractivity contribution in [3.8, 4) is 12.3 Å². The molecule has 0 radical (unpaired) electrons. The van der Waals surface area contributed by atoms with Gasteiger partial charge in [-0.05, 0) is 36.3 Å². The second kappa shape index (κ2) is 11.5. The molecule has 0 unspecified atom stereocenters. The number of hydrogen-bond acceptors (Lipinski definition) is 2. The van der Waals surface area contributed by atoms with Crippen LogP contribution in [0.5, 0.6) is 0 Å². The molecular weight excluding hydrogens is 308 g/mol. The van der Waals surface area contributed by atoms with Gasteiger partial charge in [0.1, 0.15) is 6.10 Å². The van der Waals surface area contributed by atoms with E-state index in [0.717, 1.165) is 31.4 Å². The number of terminal acetylenes is 1. The van der Waals surface area contributed by atoms with Crippen molar-refractivity contribution >= 4 is 0 Å². The van der Waals surface area contributed by atoms with E-state index in [1.54, 1.807) is 0 Å². The Hall–Kier alpha value is -2.08. The fourth-order valence-electron chi connectivity index (χ4n) is 2.74. The van der Waals surface area contributed by atoms with Gasteiger partial charge in [0, 0.05) is 6.61 Å². The number of benzene rings is 2. The van der Waals surface area contributed by atoms with Crippen LogP contribution in [0, 0.1) is 18.3 Å². The monoisotopic (exact) mass is 336 g/mol. The molecular formula is C23H28O2. The molecule has 2 rings (SSSR count). The van der Waals surface area contributed by atoms with Crippen LogP contribution in [0.15, 0.2) is 60.7 Å². The fraction of sp³-hybridized carbons (Fsp3) is 0.391. The number of rotatable bonds is 11. The smallest absolute Gasteiger partial charge is 0.118 e. The van der Waals surface area contributed by atoms with Crippen molar-refractivity contribution in [1.82, 2.24) is 0 Å². The van der Waals surface area contributed by atoms with Gasteiger partial charge < -0.3 is 9.47 Å². The van der Waals surface area contributed by atoms with Crippen LogP contribution in [-0.4, -0.2) is 12.7 Å². The zero-order chi connectivity index (χ0) is 17.7. The average molecular weight is 336 g/mol. The van der Waals surface area contributed by atoms with E-state index >= 15 is 0 Å². The van der Waals surface area contributed by atoms with Crippen LogP contribution in [-0.2, 0) is 22.7 Å². The van der Waals surface area contributed by atoms with E-state index in [9.17, 15) is 0 Å². The third kappa shape index (κ3) is 8.03. The largest absolute Gasteiger partial charge is 0.377 e. The minimum Gasteiger partial charge on any atom is -0.377 e. The SMILES string of the molecule is C#C[C@@H](C[C@@H](C)CCCOCc1ccccc1)OCc1ccccc1. The van der Waals surface area contributed by atoms with Gasteiger partial charge in [0.15, 0.2) is 0 Å². The highest BCUT2D eigenvalue weighted by molar-refractivity contribution is 5.14. The van der Waals surface area contributed by atoms with Crippen LogP contribution in [0.25, 0.3) is 0 Å². The average Bonchev–Trinajstić information content (AvgIpc) is 2.66. The van der Waals surface area contributed by atoms with Gasteiger partial charge >= 0.3 is 0 Å². The first kappa shape index (κ1) is 19.2. The topological polar surface area (TPSA) is 18.5 Å². The molecule has 132 valence electrons. The molecule has 2 aromatic carbocycles. The van der Waals surface area contributed by atoms with Crippen LogP contribution in [0.4, 0.5) is 0 Å². The third-order valence-electron chi connectivity index (χ3n) is 4.19. The minimum absolute atomic E-state index is 0.125. The summed E-state index contributed by atoms with van der Waals surface area (Å²) in [5.74, 6) is 3.30. The Morgan fingerprint density at radius 3 is 2.12 bits per heavy atom. The summed E-state index contributed by atoms with van der Waals surface area (Å²) < 4.78 is 11.6. The Bertz CT molecular complexity index is 616. The van der Waals surface area contributed by atoms with Gasteiger partial charge in [-0.1, -0.05) is 73.5 Å². The van der Waals surface area contributed by atoms with E-state index in [1.165, 1.54) is 5.56 Å². The van der Waals surface area contributed by atoms with Crippen molar-refractivity contribution in [2.24, 2.45) is 5.92 Å². The summed E-state index contributed by atoms with van der Waals surface area (Å²) in [7, 11) is 0. The maximum absolute atomic E-state index is 5.87. The summed E-state index contributed by atoms with van der Waals surface area (Å²) in [6.07, 6.45) is 8.54. The lowest BCUT2D eigenvalue weighted by atomic mass is 9.98. The fourth-order valence-corrected chi connectivity index (χ4v) is 2.74.